The van der Waals surface area contributed by atoms with Gasteiger partial charge in [-0.3, -0.25) is 0 Å². The molecule has 0 amide bonds. The van der Waals surface area contributed by atoms with Gasteiger partial charge in [0.15, 0.2) is 0 Å². The molecule has 2 aliphatic rings. The molecule has 4 aromatic carbocycles. The van der Waals surface area contributed by atoms with Gasteiger partial charge in [-0.15, -0.1) is 0 Å². The number of aromatic nitrogens is 2. The number of nitrogens with zero attached hydrogens (tertiary/aromatic N) is 4. The van der Waals surface area contributed by atoms with Gasteiger partial charge < -0.3 is 25.3 Å². The van der Waals surface area contributed by atoms with Crippen molar-refractivity contribution in [1.82, 2.24) is 14.3 Å². The lowest BCUT2D eigenvalue weighted by atomic mass is 10.00. The highest BCUT2D eigenvalue weighted by atomic mass is 15.1. The molecule has 0 fully saturated rings. The molecule has 0 spiro atoms. The van der Waals surface area contributed by atoms with Gasteiger partial charge in [0.1, 0.15) is 5.65 Å². The Morgan fingerprint density at radius 3 is 2.27 bits per heavy atom. The van der Waals surface area contributed by atoms with Crippen LogP contribution in [0.25, 0.3) is 39.8 Å². The molecule has 1 unspecified atom stereocenters. The van der Waals surface area contributed by atoms with Crippen LogP contribution in [-0.2, 0) is 0 Å². The van der Waals surface area contributed by atoms with Crippen molar-refractivity contribution in [1.29, 1.82) is 0 Å². The van der Waals surface area contributed by atoms with E-state index in [0.29, 0.717) is 0 Å². The van der Waals surface area contributed by atoms with E-state index in [1.54, 1.807) is 0 Å². The van der Waals surface area contributed by atoms with Gasteiger partial charge in [0.25, 0.3) is 0 Å². The molecule has 3 N–H and O–H groups in total. The summed E-state index contributed by atoms with van der Waals surface area (Å²) < 4.78 is 2.05. The van der Waals surface area contributed by atoms with Crippen molar-refractivity contribution in [3.05, 3.63) is 169 Å². The molecule has 234 valence electrons. The first kappa shape index (κ1) is 29.2. The average Bonchev–Trinajstić information content (AvgIpc) is 3.58. The normalized spacial score (nSPS) is 15.4. The lowest BCUT2D eigenvalue weighted by molar-refractivity contribution is 0.448. The van der Waals surface area contributed by atoms with Crippen LogP contribution >= 0.6 is 0 Å². The zero-order valence-electron chi connectivity index (χ0n) is 26.7. The summed E-state index contributed by atoms with van der Waals surface area (Å²) >= 11 is 0. The fourth-order valence-electron chi connectivity index (χ4n) is 6.30. The quantitative estimate of drug-likeness (QED) is 0.185. The van der Waals surface area contributed by atoms with E-state index in [0.717, 1.165) is 51.8 Å². The summed E-state index contributed by atoms with van der Waals surface area (Å²) in [4.78, 5) is 9.22. The van der Waals surface area contributed by atoms with E-state index < -0.39 is 0 Å². The van der Waals surface area contributed by atoms with Crippen LogP contribution in [0.4, 0.5) is 22.7 Å². The number of anilines is 4. The molecule has 1 atom stereocenters. The highest BCUT2D eigenvalue weighted by molar-refractivity contribution is 5.82. The smallest absolute Gasteiger partial charge is 0.137 e. The van der Waals surface area contributed by atoms with Gasteiger partial charge in [-0.2, -0.15) is 0 Å². The van der Waals surface area contributed by atoms with Gasteiger partial charge in [0.05, 0.1) is 11.4 Å². The van der Waals surface area contributed by atoms with Crippen molar-refractivity contribution in [3.8, 4) is 22.4 Å². The maximum Gasteiger partial charge on any atom is 0.137 e. The van der Waals surface area contributed by atoms with Gasteiger partial charge >= 0.3 is 0 Å². The van der Waals surface area contributed by atoms with Crippen LogP contribution in [-0.4, -0.2) is 26.9 Å². The predicted octanol–water partition coefficient (Wildman–Crippen LogP) is 9.61. The maximum absolute atomic E-state index is 6.58. The SMILES string of the molecule is CC1C=CC=CN1/C=C(\N)c1ccc(N(c2ccc(-c3ccc4c(c3)NCC=C4)cc2)c2ccc(-c3cn4ccccc4n3)cc2)cc1. The molecule has 2 aromatic heterocycles. The van der Waals surface area contributed by atoms with Crippen molar-refractivity contribution in [3.63, 3.8) is 0 Å². The molecule has 0 aliphatic carbocycles. The highest BCUT2D eigenvalue weighted by Crippen LogP contribution is 2.37. The lowest BCUT2D eigenvalue weighted by Crippen LogP contribution is -2.23. The second-order valence-electron chi connectivity index (χ2n) is 12.2. The van der Waals surface area contributed by atoms with E-state index >= 15 is 0 Å². The summed E-state index contributed by atoms with van der Waals surface area (Å²) in [6.45, 7) is 3.00. The number of benzene rings is 4. The van der Waals surface area contributed by atoms with Gasteiger partial charge in [-0.05, 0) is 89.9 Å². The van der Waals surface area contributed by atoms with E-state index in [4.69, 9.17) is 10.7 Å². The van der Waals surface area contributed by atoms with Crippen molar-refractivity contribution < 1.29 is 0 Å². The molecule has 8 rings (SSSR count). The second kappa shape index (κ2) is 12.5. The molecule has 6 nitrogen and oxygen atoms in total. The molecule has 6 heteroatoms. The zero-order valence-corrected chi connectivity index (χ0v) is 26.7. The minimum atomic E-state index is 0.254. The van der Waals surface area contributed by atoms with Gasteiger partial charge in [0, 0.05) is 65.7 Å². The molecule has 0 saturated carbocycles. The van der Waals surface area contributed by atoms with Crippen LogP contribution in [0.1, 0.15) is 18.1 Å². The summed E-state index contributed by atoms with van der Waals surface area (Å²) in [5.74, 6) is 0. The molecule has 2 aliphatic heterocycles. The van der Waals surface area contributed by atoms with Crippen LogP contribution in [0.2, 0.25) is 0 Å². The zero-order chi connectivity index (χ0) is 32.5. The number of allylic oxidation sites excluding steroid dienone is 2. The summed E-state index contributed by atoms with van der Waals surface area (Å²) in [7, 11) is 0. The molecule has 0 radical (unpaired) electrons. The number of rotatable bonds is 7. The molecule has 0 saturated heterocycles. The molecular weight excluding hydrogens is 589 g/mol. The highest BCUT2D eigenvalue weighted by Gasteiger charge is 2.15. The Hall–Kier alpha value is -6.27. The first-order chi connectivity index (χ1) is 23.6. The van der Waals surface area contributed by atoms with Crippen LogP contribution in [0.5, 0.6) is 0 Å². The number of nitrogens with two attached hydrogens (primary N) is 1. The number of hydrogen-bond donors (Lipinski definition) is 2. The van der Waals surface area contributed by atoms with E-state index in [1.165, 1.54) is 22.4 Å². The van der Waals surface area contributed by atoms with Crippen molar-refractivity contribution in [2.45, 2.75) is 13.0 Å². The number of hydrogen-bond acceptors (Lipinski definition) is 5. The van der Waals surface area contributed by atoms with Crippen LogP contribution < -0.4 is 16.0 Å². The van der Waals surface area contributed by atoms with E-state index in [2.05, 4.69) is 144 Å². The van der Waals surface area contributed by atoms with Crippen molar-refractivity contribution in [2.75, 3.05) is 16.8 Å². The Morgan fingerprint density at radius 2 is 1.54 bits per heavy atom. The standard InChI is InChI=1S/C42H36N6/c1-30-7-2-4-25-46(30)28-39(43)32-14-20-37(21-15-32)48(38-22-16-34(17-23-38)41-29-47-26-5-3-9-42(47)45-41)36-18-12-31(13-19-36)35-11-10-33-8-6-24-44-40(33)27-35/h2-23,25-30,44H,24,43H2,1H3/b39-28-. The molecule has 6 aromatic rings. The topological polar surface area (TPSA) is 61.8 Å². The largest absolute Gasteiger partial charge is 0.397 e. The summed E-state index contributed by atoms with van der Waals surface area (Å²) in [5, 5.41) is 3.48. The predicted molar refractivity (Wildman–Crippen MR) is 200 cm³/mol. The number of pyridine rings is 1. The summed E-state index contributed by atoms with van der Waals surface area (Å²) in [6.07, 6.45) is 18.7. The molecule has 48 heavy (non-hydrogen) atoms. The third kappa shape index (κ3) is 5.76. The van der Waals surface area contributed by atoms with Gasteiger partial charge in [-0.25, -0.2) is 4.98 Å². The Morgan fingerprint density at radius 1 is 0.833 bits per heavy atom. The van der Waals surface area contributed by atoms with Crippen molar-refractivity contribution in [2.24, 2.45) is 5.73 Å². The van der Waals surface area contributed by atoms with E-state index in [9.17, 15) is 0 Å². The summed E-state index contributed by atoms with van der Waals surface area (Å²) in [5.41, 5.74) is 19.1. The van der Waals surface area contributed by atoms with Crippen LogP contribution in [0, 0.1) is 0 Å². The van der Waals surface area contributed by atoms with Crippen LogP contribution in [0.3, 0.4) is 0 Å². The van der Waals surface area contributed by atoms with Gasteiger partial charge in [-0.1, -0.05) is 78.9 Å². The minimum Gasteiger partial charge on any atom is -0.397 e. The number of nitrogens with one attached hydrogen (secondary N) is 1. The van der Waals surface area contributed by atoms with Gasteiger partial charge in [0.2, 0.25) is 0 Å². The van der Waals surface area contributed by atoms with E-state index in [-0.39, 0.29) is 6.04 Å². The van der Waals surface area contributed by atoms with Crippen molar-refractivity contribution >= 4 is 40.2 Å². The first-order valence-electron chi connectivity index (χ1n) is 16.3. The molecular formula is C42H36N6. The Balaban J connectivity index is 1.13. The Kier molecular flexibility index (Phi) is 7.59. The lowest BCUT2D eigenvalue weighted by Gasteiger charge is -2.26. The second-order valence-corrected chi connectivity index (χ2v) is 12.2. The first-order valence-corrected chi connectivity index (χ1v) is 16.3. The number of imidazole rings is 1. The maximum atomic E-state index is 6.58. The monoisotopic (exact) mass is 624 g/mol. The fourth-order valence-corrected chi connectivity index (χ4v) is 6.30. The fraction of sp³-hybridized carbons (Fsp3) is 0.0714. The summed E-state index contributed by atoms with van der Waals surface area (Å²) in [6, 6.07) is 38.8. The number of fused-ring (bicyclic) bond motifs is 2. The van der Waals surface area contributed by atoms with E-state index in [1.807, 2.05) is 47.3 Å². The third-order valence-electron chi connectivity index (χ3n) is 8.98. The Bertz CT molecular complexity index is 2170. The molecule has 0 bridgehead atoms. The average molecular weight is 625 g/mol. The molecule has 4 heterocycles. The third-order valence-corrected chi connectivity index (χ3v) is 8.98. The van der Waals surface area contributed by atoms with Crippen LogP contribution in [0.15, 0.2) is 158 Å². The minimum absolute atomic E-state index is 0.254. The Labute approximate surface area is 281 Å².